The van der Waals surface area contributed by atoms with Gasteiger partial charge in [-0.25, -0.2) is 4.79 Å². The number of benzene rings is 1. The third-order valence-electron chi connectivity index (χ3n) is 3.62. The molecule has 0 aromatic heterocycles. The molecule has 1 saturated carbocycles. The fraction of sp³-hybridized carbons (Fsp3) is 0.500. The van der Waals surface area contributed by atoms with Crippen LogP contribution in [0.15, 0.2) is 12.1 Å². The fourth-order valence-corrected chi connectivity index (χ4v) is 2.66. The minimum Gasteiger partial charge on any atom is -0.507 e. The third kappa shape index (κ3) is 2.43. The number of hydrogen-bond acceptors (Lipinski definition) is 2. The number of phenolic OH excluding ortho intramolecular Hbond substituents is 1. The number of carbonyl (C=O) groups is 1. The van der Waals surface area contributed by atoms with E-state index in [4.69, 9.17) is 5.11 Å². The Kier molecular flexibility index (Phi) is 3.36. The highest BCUT2D eigenvalue weighted by Gasteiger charge is 2.21. The minimum atomic E-state index is -0.926. The zero-order valence-electron chi connectivity index (χ0n) is 10.1. The quantitative estimate of drug-likeness (QED) is 0.824. The van der Waals surface area contributed by atoms with Crippen LogP contribution in [0.5, 0.6) is 5.75 Å². The van der Waals surface area contributed by atoms with Crippen molar-refractivity contribution in [1.29, 1.82) is 0 Å². The van der Waals surface area contributed by atoms with Crippen LogP contribution >= 0.6 is 0 Å². The van der Waals surface area contributed by atoms with E-state index in [2.05, 4.69) is 0 Å². The van der Waals surface area contributed by atoms with Crippen LogP contribution in [0.2, 0.25) is 0 Å². The van der Waals surface area contributed by atoms with Gasteiger partial charge in [0.05, 0.1) is 5.56 Å². The Hall–Kier alpha value is -1.51. The first-order chi connectivity index (χ1) is 8.09. The van der Waals surface area contributed by atoms with E-state index < -0.39 is 5.97 Å². The molecule has 1 aliphatic rings. The molecule has 0 aliphatic heterocycles. The van der Waals surface area contributed by atoms with Gasteiger partial charge in [-0.15, -0.1) is 0 Å². The van der Waals surface area contributed by atoms with Crippen LogP contribution in [0.4, 0.5) is 0 Å². The number of rotatable bonds is 2. The lowest BCUT2D eigenvalue weighted by molar-refractivity contribution is 0.0696. The van der Waals surface area contributed by atoms with E-state index in [9.17, 15) is 9.90 Å². The SMILES string of the molecule is Cc1cc(C(=O)O)cc(C2CCCCC2)c1O. The maximum atomic E-state index is 11.0. The first-order valence-corrected chi connectivity index (χ1v) is 6.16. The summed E-state index contributed by atoms with van der Waals surface area (Å²) in [6, 6.07) is 3.17. The summed E-state index contributed by atoms with van der Waals surface area (Å²) in [4.78, 5) is 11.0. The van der Waals surface area contributed by atoms with Gasteiger partial charge in [-0.1, -0.05) is 19.3 Å². The summed E-state index contributed by atoms with van der Waals surface area (Å²) in [6.07, 6.45) is 5.68. The molecular weight excluding hydrogens is 216 g/mol. The zero-order chi connectivity index (χ0) is 12.4. The molecule has 0 bridgehead atoms. The largest absolute Gasteiger partial charge is 0.507 e. The Morgan fingerprint density at radius 1 is 1.24 bits per heavy atom. The van der Waals surface area contributed by atoms with E-state index in [-0.39, 0.29) is 11.3 Å². The van der Waals surface area contributed by atoms with E-state index >= 15 is 0 Å². The molecule has 0 radical (unpaired) electrons. The van der Waals surface area contributed by atoms with Gasteiger partial charge >= 0.3 is 5.97 Å². The number of aryl methyl sites for hydroxylation is 1. The molecular formula is C14H18O3. The van der Waals surface area contributed by atoms with Crippen LogP contribution in [0.1, 0.15) is 59.5 Å². The van der Waals surface area contributed by atoms with Crippen molar-refractivity contribution in [3.63, 3.8) is 0 Å². The summed E-state index contributed by atoms with van der Waals surface area (Å²) in [5, 5.41) is 19.1. The topological polar surface area (TPSA) is 57.5 Å². The van der Waals surface area contributed by atoms with Crippen molar-refractivity contribution >= 4 is 5.97 Å². The molecule has 0 heterocycles. The summed E-state index contributed by atoms with van der Waals surface area (Å²) in [5.74, 6) is -0.325. The molecule has 3 heteroatoms. The third-order valence-corrected chi connectivity index (χ3v) is 3.62. The molecule has 17 heavy (non-hydrogen) atoms. The van der Waals surface area contributed by atoms with Gasteiger partial charge in [-0.05, 0) is 48.9 Å². The van der Waals surface area contributed by atoms with Gasteiger partial charge in [0.1, 0.15) is 5.75 Å². The maximum absolute atomic E-state index is 11.0. The van der Waals surface area contributed by atoms with Crippen molar-refractivity contribution in [2.24, 2.45) is 0 Å². The van der Waals surface area contributed by atoms with Gasteiger partial charge in [-0.3, -0.25) is 0 Å². The summed E-state index contributed by atoms with van der Waals surface area (Å²) < 4.78 is 0. The molecule has 0 saturated heterocycles. The van der Waals surface area contributed by atoms with Crippen molar-refractivity contribution in [3.05, 3.63) is 28.8 Å². The second-order valence-corrected chi connectivity index (χ2v) is 4.87. The predicted molar refractivity (Wildman–Crippen MR) is 65.6 cm³/mol. The molecule has 0 atom stereocenters. The number of phenols is 1. The number of carboxylic acid groups (broad SMARTS) is 1. The van der Waals surface area contributed by atoms with E-state index in [0.29, 0.717) is 11.5 Å². The molecule has 0 spiro atoms. The van der Waals surface area contributed by atoms with Gasteiger partial charge in [0, 0.05) is 0 Å². The minimum absolute atomic E-state index is 0.279. The number of hydrogen-bond donors (Lipinski definition) is 2. The van der Waals surface area contributed by atoms with Crippen molar-refractivity contribution in [2.45, 2.75) is 44.9 Å². The number of carboxylic acids is 1. The van der Waals surface area contributed by atoms with Crippen LogP contribution in [-0.2, 0) is 0 Å². The molecule has 1 fully saturated rings. The first kappa shape index (κ1) is 12.0. The summed E-state index contributed by atoms with van der Waals surface area (Å²) >= 11 is 0. The average molecular weight is 234 g/mol. The Morgan fingerprint density at radius 2 is 1.88 bits per heavy atom. The highest BCUT2D eigenvalue weighted by molar-refractivity contribution is 5.88. The molecule has 0 unspecified atom stereocenters. The lowest BCUT2D eigenvalue weighted by Crippen LogP contribution is -2.07. The summed E-state index contributed by atoms with van der Waals surface area (Å²) in [7, 11) is 0. The van der Waals surface area contributed by atoms with Gasteiger partial charge < -0.3 is 10.2 Å². The highest BCUT2D eigenvalue weighted by atomic mass is 16.4. The van der Waals surface area contributed by atoms with Crippen molar-refractivity contribution in [3.8, 4) is 5.75 Å². The second kappa shape index (κ2) is 4.78. The molecule has 2 N–H and O–H groups in total. The van der Waals surface area contributed by atoms with Gasteiger partial charge in [0.2, 0.25) is 0 Å². The summed E-state index contributed by atoms with van der Waals surface area (Å²) in [6.45, 7) is 1.76. The van der Waals surface area contributed by atoms with Crippen LogP contribution in [0.25, 0.3) is 0 Å². The average Bonchev–Trinajstić information content (AvgIpc) is 2.33. The molecule has 0 amide bonds. The van der Waals surface area contributed by atoms with Gasteiger partial charge in [0.15, 0.2) is 0 Å². The van der Waals surface area contributed by atoms with E-state index in [1.54, 1.807) is 13.0 Å². The highest BCUT2D eigenvalue weighted by Crippen LogP contribution is 2.38. The lowest BCUT2D eigenvalue weighted by atomic mass is 9.82. The Morgan fingerprint density at radius 3 is 2.47 bits per heavy atom. The Bertz CT molecular complexity index is 431. The predicted octanol–water partition coefficient (Wildman–Crippen LogP) is 3.45. The van der Waals surface area contributed by atoms with Crippen LogP contribution in [-0.4, -0.2) is 16.2 Å². The Balaban J connectivity index is 2.40. The first-order valence-electron chi connectivity index (χ1n) is 6.16. The number of aromatic carboxylic acids is 1. The van der Waals surface area contributed by atoms with E-state index in [0.717, 1.165) is 18.4 Å². The van der Waals surface area contributed by atoms with Crippen molar-refractivity contribution < 1.29 is 15.0 Å². The maximum Gasteiger partial charge on any atom is 0.335 e. The molecule has 2 rings (SSSR count). The van der Waals surface area contributed by atoms with Gasteiger partial charge in [0.25, 0.3) is 0 Å². The normalized spacial score (nSPS) is 17.0. The van der Waals surface area contributed by atoms with E-state index in [1.807, 2.05) is 0 Å². The summed E-state index contributed by atoms with van der Waals surface area (Å²) in [5.41, 5.74) is 1.76. The lowest BCUT2D eigenvalue weighted by Gasteiger charge is -2.23. The standard InChI is InChI=1S/C14H18O3/c1-9-7-11(14(16)17)8-12(13(9)15)10-5-3-2-4-6-10/h7-8,10,15H,2-6H2,1H3,(H,16,17). The fourth-order valence-electron chi connectivity index (χ4n) is 2.66. The van der Waals surface area contributed by atoms with Crippen LogP contribution in [0.3, 0.4) is 0 Å². The smallest absolute Gasteiger partial charge is 0.335 e. The molecule has 3 nitrogen and oxygen atoms in total. The van der Waals surface area contributed by atoms with Crippen LogP contribution < -0.4 is 0 Å². The molecule has 1 aromatic carbocycles. The van der Waals surface area contributed by atoms with E-state index in [1.165, 1.54) is 25.3 Å². The van der Waals surface area contributed by atoms with Gasteiger partial charge in [-0.2, -0.15) is 0 Å². The van der Waals surface area contributed by atoms with Crippen molar-refractivity contribution in [1.82, 2.24) is 0 Å². The number of aromatic hydroxyl groups is 1. The zero-order valence-corrected chi connectivity index (χ0v) is 10.1. The van der Waals surface area contributed by atoms with Crippen molar-refractivity contribution in [2.75, 3.05) is 0 Å². The monoisotopic (exact) mass is 234 g/mol. The molecule has 1 aliphatic carbocycles. The Labute approximate surface area is 101 Å². The molecule has 1 aromatic rings. The molecule has 92 valence electrons. The van der Waals surface area contributed by atoms with Crippen LogP contribution in [0, 0.1) is 6.92 Å². The second-order valence-electron chi connectivity index (χ2n) is 4.87.